The summed E-state index contributed by atoms with van der Waals surface area (Å²) in [5.74, 6) is -0.714. The summed E-state index contributed by atoms with van der Waals surface area (Å²) in [5, 5.41) is 3.59. The van der Waals surface area contributed by atoms with Crippen molar-refractivity contribution in [2.24, 2.45) is 0 Å². The zero-order valence-electron chi connectivity index (χ0n) is 11.4. The predicted molar refractivity (Wildman–Crippen MR) is 75.1 cm³/mol. The summed E-state index contributed by atoms with van der Waals surface area (Å²) in [6.07, 6.45) is 2.12. The minimum Gasteiger partial charge on any atom is -0.467 e. The number of aromatic nitrogens is 1. The summed E-state index contributed by atoms with van der Waals surface area (Å²) >= 11 is 0. The van der Waals surface area contributed by atoms with Crippen LogP contribution in [-0.2, 0) is 20.7 Å². The van der Waals surface area contributed by atoms with Crippen LogP contribution in [0.1, 0.15) is 12.5 Å². The Balaban J connectivity index is 2.23. The molecule has 1 aromatic carbocycles. The lowest BCUT2D eigenvalue weighted by atomic mass is 10.0. The van der Waals surface area contributed by atoms with Crippen molar-refractivity contribution in [3.05, 3.63) is 42.1 Å². The monoisotopic (exact) mass is 272 g/mol. The standard InChI is InChI=1S/C15H16N2O3/c1-10(18)17-14(15(19)20-2)9-11-5-6-13-12(8-11)4-3-7-16-13/h3-8,14H,9H2,1-2H3,(H,17,18)/t14-/m0/s1. The van der Waals surface area contributed by atoms with Crippen LogP contribution in [-0.4, -0.2) is 30.0 Å². The van der Waals surface area contributed by atoms with E-state index in [9.17, 15) is 9.59 Å². The van der Waals surface area contributed by atoms with Gasteiger partial charge in [-0.15, -0.1) is 0 Å². The molecule has 0 spiro atoms. The Kier molecular flexibility index (Phi) is 4.30. The number of benzene rings is 1. The van der Waals surface area contributed by atoms with Crippen molar-refractivity contribution in [1.82, 2.24) is 10.3 Å². The Labute approximate surface area is 117 Å². The lowest BCUT2D eigenvalue weighted by Crippen LogP contribution is -2.41. The largest absolute Gasteiger partial charge is 0.467 e. The zero-order chi connectivity index (χ0) is 14.5. The van der Waals surface area contributed by atoms with Crippen LogP contribution < -0.4 is 5.32 Å². The molecule has 0 bridgehead atoms. The van der Waals surface area contributed by atoms with Crippen LogP contribution in [0.3, 0.4) is 0 Å². The fourth-order valence-electron chi connectivity index (χ4n) is 2.07. The van der Waals surface area contributed by atoms with Crippen LogP contribution in [0.25, 0.3) is 10.9 Å². The highest BCUT2D eigenvalue weighted by Crippen LogP contribution is 2.15. The second kappa shape index (κ2) is 6.14. The Hall–Kier alpha value is -2.43. The molecule has 1 heterocycles. The summed E-state index contributed by atoms with van der Waals surface area (Å²) in [5.41, 5.74) is 1.83. The summed E-state index contributed by atoms with van der Waals surface area (Å²) < 4.78 is 4.71. The maximum atomic E-state index is 11.7. The second-order valence-electron chi connectivity index (χ2n) is 4.51. The van der Waals surface area contributed by atoms with E-state index in [-0.39, 0.29) is 5.91 Å². The van der Waals surface area contributed by atoms with Crippen LogP contribution >= 0.6 is 0 Å². The topological polar surface area (TPSA) is 68.3 Å². The normalized spacial score (nSPS) is 11.9. The lowest BCUT2D eigenvalue weighted by molar-refractivity contribution is -0.144. The third-order valence-electron chi connectivity index (χ3n) is 2.97. The number of hydrogen-bond acceptors (Lipinski definition) is 4. The van der Waals surface area contributed by atoms with Gasteiger partial charge in [0.05, 0.1) is 12.6 Å². The minimum atomic E-state index is -0.674. The minimum absolute atomic E-state index is 0.261. The van der Waals surface area contributed by atoms with Gasteiger partial charge in [-0.1, -0.05) is 12.1 Å². The molecule has 0 aliphatic carbocycles. The van der Waals surface area contributed by atoms with Crippen LogP contribution in [0, 0.1) is 0 Å². The molecule has 1 aromatic heterocycles. The maximum Gasteiger partial charge on any atom is 0.328 e. The third kappa shape index (κ3) is 3.32. The lowest BCUT2D eigenvalue weighted by Gasteiger charge is -2.15. The van der Waals surface area contributed by atoms with Crippen molar-refractivity contribution in [3.63, 3.8) is 0 Å². The summed E-state index contributed by atoms with van der Waals surface area (Å²) in [4.78, 5) is 27.1. The first-order valence-corrected chi connectivity index (χ1v) is 6.28. The molecule has 2 rings (SSSR count). The summed E-state index contributed by atoms with van der Waals surface area (Å²) in [7, 11) is 1.31. The number of pyridine rings is 1. The highest BCUT2D eigenvalue weighted by Gasteiger charge is 2.20. The van der Waals surface area contributed by atoms with Crippen LogP contribution in [0.15, 0.2) is 36.5 Å². The van der Waals surface area contributed by atoms with E-state index in [0.29, 0.717) is 6.42 Å². The molecule has 0 aliphatic rings. The van der Waals surface area contributed by atoms with Gasteiger partial charge in [0.25, 0.3) is 0 Å². The van der Waals surface area contributed by atoms with E-state index in [1.165, 1.54) is 14.0 Å². The van der Waals surface area contributed by atoms with Gasteiger partial charge in [0.1, 0.15) is 6.04 Å². The van der Waals surface area contributed by atoms with Crippen LogP contribution in [0.2, 0.25) is 0 Å². The number of rotatable bonds is 4. The van der Waals surface area contributed by atoms with Gasteiger partial charge < -0.3 is 10.1 Å². The first-order chi connectivity index (χ1) is 9.60. The first-order valence-electron chi connectivity index (χ1n) is 6.28. The number of nitrogens with one attached hydrogen (secondary N) is 1. The molecule has 0 saturated carbocycles. The van der Waals surface area contributed by atoms with Crippen LogP contribution in [0.5, 0.6) is 0 Å². The molecule has 104 valence electrons. The molecule has 0 aliphatic heterocycles. The molecule has 0 radical (unpaired) electrons. The molecule has 1 N–H and O–H groups in total. The number of ether oxygens (including phenoxy) is 1. The molecule has 5 nitrogen and oxygen atoms in total. The van der Waals surface area contributed by atoms with E-state index in [0.717, 1.165) is 16.5 Å². The predicted octanol–water partition coefficient (Wildman–Crippen LogP) is 1.45. The number of esters is 1. The number of carbonyl (C=O) groups excluding carboxylic acids is 2. The highest BCUT2D eigenvalue weighted by molar-refractivity contribution is 5.84. The smallest absolute Gasteiger partial charge is 0.328 e. The molecule has 1 atom stereocenters. The number of hydrogen-bond donors (Lipinski definition) is 1. The Bertz CT molecular complexity index is 640. The van der Waals surface area contributed by atoms with Gasteiger partial charge in [0.15, 0.2) is 0 Å². The number of nitrogens with zero attached hydrogens (tertiary/aromatic N) is 1. The van der Waals surface area contributed by atoms with E-state index in [4.69, 9.17) is 4.74 Å². The molecule has 5 heteroatoms. The van der Waals surface area contributed by atoms with Gasteiger partial charge in [0, 0.05) is 24.9 Å². The second-order valence-corrected chi connectivity index (χ2v) is 4.51. The van der Waals surface area contributed by atoms with Crippen molar-refractivity contribution < 1.29 is 14.3 Å². The van der Waals surface area contributed by atoms with Crippen LogP contribution in [0.4, 0.5) is 0 Å². The van der Waals surface area contributed by atoms with Gasteiger partial charge in [0.2, 0.25) is 5.91 Å². The van der Waals surface area contributed by atoms with Gasteiger partial charge in [-0.25, -0.2) is 4.79 Å². The summed E-state index contributed by atoms with van der Waals surface area (Å²) in [6.45, 7) is 1.38. The third-order valence-corrected chi connectivity index (χ3v) is 2.97. The van der Waals surface area contributed by atoms with E-state index in [1.807, 2.05) is 30.3 Å². The van der Waals surface area contributed by atoms with Crippen molar-refractivity contribution in [1.29, 1.82) is 0 Å². The Morgan fingerprint density at radius 1 is 1.35 bits per heavy atom. The van der Waals surface area contributed by atoms with Crippen molar-refractivity contribution in [2.75, 3.05) is 7.11 Å². The van der Waals surface area contributed by atoms with E-state index in [2.05, 4.69) is 10.3 Å². The quantitative estimate of drug-likeness (QED) is 0.855. The SMILES string of the molecule is COC(=O)[C@H](Cc1ccc2ncccc2c1)NC(C)=O. The number of carbonyl (C=O) groups is 2. The molecule has 0 saturated heterocycles. The maximum absolute atomic E-state index is 11.7. The molecular formula is C15H16N2O3. The Morgan fingerprint density at radius 2 is 2.15 bits per heavy atom. The van der Waals surface area contributed by atoms with Crippen molar-refractivity contribution >= 4 is 22.8 Å². The molecule has 0 unspecified atom stereocenters. The van der Waals surface area contributed by atoms with Gasteiger partial charge in [-0.3, -0.25) is 9.78 Å². The number of fused-ring (bicyclic) bond motifs is 1. The molecule has 2 aromatic rings. The first kappa shape index (κ1) is 14.0. The van der Waals surface area contributed by atoms with Crippen molar-refractivity contribution in [2.45, 2.75) is 19.4 Å². The Morgan fingerprint density at radius 3 is 2.85 bits per heavy atom. The molecular weight excluding hydrogens is 256 g/mol. The fourth-order valence-corrected chi connectivity index (χ4v) is 2.07. The van der Waals surface area contributed by atoms with E-state index >= 15 is 0 Å². The van der Waals surface area contributed by atoms with E-state index in [1.54, 1.807) is 6.20 Å². The number of methoxy groups -OCH3 is 1. The van der Waals surface area contributed by atoms with Gasteiger partial charge >= 0.3 is 5.97 Å². The zero-order valence-corrected chi connectivity index (χ0v) is 11.4. The highest BCUT2D eigenvalue weighted by atomic mass is 16.5. The fraction of sp³-hybridized carbons (Fsp3) is 0.267. The van der Waals surface area contributed by atoms with Crippen molar-refractivity contribution in [3.8, 4) is 0 Å². The molecule has 0 fully saturated rings. The molecule has 20 heavy (non-hydrogen) atoms. The average Bonchev–Trinajstić information content (AvgIpc) is 2.45. The molecule has 1 amide bonds. The summed E-state index contributed by atoms with van der Waals surface area (Å²) in [6, 6.07) is 8.89. The van der Waals surface area contributed by atoms with Gasteiger partial charge in [-0.05, 0) is 23.8 Å². The average molecular weight is 272 g/mol. The van der Waals surface area contributed by atoms with Gasteiger partial charge in [-0.2, -0.15) is 0 Å². The number of amides is 1. The van der Waals surface area contributed by atoms with E-state index < -0.39 is 12.0 Å².